The standard InChI is InChI=1S/C13H16ClN3S/c1-7(2)6-15-11-10-8-4-3-5-9(8)18-12(10)17-13(14)16-11/h7H,3-6H2,1-2H3,(H,15,16,17). The van der Waals surface area contributed by atoms with Crippen molar-refractivity contribution in [1.29, 1.82) is 0 Å². The van der Waals surface area contributed by atoms with Gasteiger partial charge in [0.2, 0.25) is 5.28 Å². The van der Waals surface area contributed by atoms with E-state index in [2.05, 4.69) is 29.1 Å². The van der Waals surface area contributed by atoms with E-state index in [1.54, 1.807) is 11.3 Å². The average Bonchev–Trinajstić information content (AvgIpc) is 2.84. The van der Waals surface area contributed by atoms with Crippen LogP contribution >= 0.6 is 22.9 Å². The van der Waals surface area contributed by atoms with Crippen molar-refractivity contribution in [2.45, 2.75) is 33.1 Å². The third-order valence-corrected chi connectivity index (χ3v) is 4.57. The molecule has 5 heteroatoms. The summed E-state index contributed by atoms with van der Waals surface area (Å²) in [4.78, 5) is 11.2. The first kappa shape index (κ1) is 12.2. The molecule has 18 heavy (non-hydrogen) atoms. The van der Waals surface area contributed by atoms with Crippen LogP contribution in [0.1, 0.15) is 30.7 Å². The maximum atomic E-state index is 6.01. The molecule has 0 aromatic carbocycles. The monoisotopic (exact) mass is 281 g/mol. The van der Waals surface area contributed by atoms with Gasteiger partial charge in [-0.15, -0.1) is 11.3 Å². The summed E-state index contributed by atoms with van der Waals surface area (Å²) in [6, 6.07) is 0. The molecule has 0 aliphatic heterocycles. The fourth-order valence-corrected chi connectivity index (χ4v) is 3.88. The number of hydrogen-bond donors (Lipinski definition) is 1. The molecule has 3 nitrogen and oxygen atoms in total. The molecule has 0 radical (unpaired) electrons. The summed E-state index contributed by atoms with van der Waals surface area (Å²) in [5.74, 6) is 1.50. The lowest BCUT2D eigenvalue weighted by Crippen LogP contribution is -2.10. The minimum absolute atomic E-state index is 0.341. The van der Waals surface area contributed by atoms with Crippen LogP contribution in [0.3, 0.4) is 0 Å². The van der Waals surface area contributed by atoms with Crippen molar-refractivity contribution in [3.05, 3.63) is 15.7 Å². The Bertz CT molecular complexity index is 591. The molecular weight excluding hydrogens is 266 g/mol. The van der Waals surface area contributed by atoms with E-state index >= 15 is 0 Å². The molecule has 0 unspecified atom stereocenters. The van der Waals surface area contributed by atoms with Crippen LogP contribution in [-0.4, -0.2) is 16.5 Å². The van der Waals surface area contributed by atoms with Gasteiger partial charge in [0.25, 0.3) is 0 Å². The molecule has 1 aliphatic carbocycles. The molecule has 1 aliphatic rings. The van der Waals surface area contributed by atoms with Crippen LogP contribution in [-0.2, 0) is 12.8 Å². The van der Waals surface area contributed by atoms with Crippen LogP contribution < -0.4 is 5.32 Å². The van der Waals surface area contributed by atoms with Gasteiger partial charge in [0.05, 0.1) is 5.39 Å². The van der Waals surface area contributed by atoms with E-state index in [4.69, 9.17) is 11.6 Å². The number of nitrogens with zero attached hydrogens (tertiary/aromatic N) is 2. The fraction of sp³-hybridized carbons (Fsp3) is 0.538. The van der Waals surface area contributed by atoms with E-state index in [1.807, 2.05) is 0 Å². The highest BCUT2D eigenvalue weighted by molar-refractivity contribution is 7.19. The zero-order chi connectivity index (χ0) is 12.7. The van der Waals surface area contributed by atoms with Crippen molar-refractivity contribution in [2.24, 2.45) is 5.92 Å². The number of halogens is 1. The summed E-state index contributed by atoms with van der Waals surface area (Å²) in [6.45, 7) is 5.28. The van der Waals surface area contributed by atoms with E-state index < -0.39 is 0 Å². The number of nitrogens with one attached hydrogen (secondary N) is 1. The van der Waals surface area contributed by atoms with Crippen molar-refractivity contribution in [3.8, 4) is 0 Å². The molecule has 3 rings (SSSR count). The lowest BCUT2D eigenvalue weighted by molar-refractivity contribution is 0.687. The van der Waals surface area contributed by atoms with Crippen molar-refractivity contribution in [3.63, 3.8) is 0 Å². The quantitative estimate of drug-likeness (QED) is 0.867. The highest BCUT2D eigenvalue weighted by Gasteiger charge is 2.22. The zero-order valence-corrected chi connectivity index (χ0v) is 12.2. The second kappa shape index (κ2) is 4.67. The van der Waals surface area contributed by atoms with Gasteiger partial charge >= 0.3 is 0 Å². The predicted molar refractivity (Wildman–Crippen MR) is 77.8 cm³/mol. The van der Waals surface area contributed by atoms with Gasteiger partial charge in [0.15, 0.2) is 0 Å². The van der Waals surface area contributed by atoms with Crippen LogP contribution in [0, 0.1) is 5.92 Å². The van der Waals surface area contributed by atoms with Crippen LogP contribution in [0.15, 0.2) is 0 Å². The normalized spacial score (nSPS) is 14.4. The molecule has 2 heterocycles. The Kier molecular flexibility index (Phi) is 3.16. The van der Waals surface area contributed by atoms with Crippen LogP contribution in [0.5, 0.6) is 0 Å². The van der Waals surface area contributed by atoms with Crippen molar-refractivity contribution >= 4 is 39.0 Å². The van der Waals surface area contributed by atoms with Gasteiger partial charge in [0.1, 0.15) is 10.6 Å². The Hall–Kier alpha value is -0.870. The van der Waals surface area contributed by atoms with Crippen LogP contribution in [0.2, 0.25) is 5.28 Å². The smallest absolute Gasteiger partial charge is 0.225 e. The molecule has 0 saturated heterocycles. The second-order valence-corrected chi connectivity index (χ2v) is 6.58. The van der Waals surface area contributed by atoms with Gasteiger partial charge in [-0.3, -0.25) is 0 Å². The minimum Gasteiger partial charge on any atom is -0.369 e. The molecule has 0 saturated carbocycles. The van der Waals surface area contributed by atoms with E-state index in [9.17, 15) is 0 Å². The molecule has 0 atom stereocenters. The Morgan fingerprint density at radius 1 is 1.33 bits per heavy atom. The summed E-state index contributed by atoms with van der Waals surface area (Å²) in [5.41, 5.74) is 1.44. The molecule has 2 aromatic rings. The first-order valence-electron chi connectivity index (χ1n) is 6.37. The molecule has 0 amide bonds. The molecule has 0 bridgehead atoms. The molecule has 0 fully saturated rings. The maximum Gasteiger partial charge on any atom is 0.225 e. The lowest BCUT2D eigenvalue weighted by atomic mass is 10.2. The van der Waals surface area contributed by atoms with E-state index in [0.29, 0.717) is 11.2 Å². The van der Waals surface area contributed by atoms with Gasteiger partial charge in [-0.25, -0.2) is 9.97 Å². The Morgan fingerprint density at radius 2 is 2.17 bits per heavy atom. The number of hydrogen-bond acceptors (Lipinski definition) is 4. The predicted octanol–water partition coefficient (Wildman–Crippen LogP) is 3.90. The Balaban J connectivity index is 2.10. The molecule has 1 N–H and O–H groups in total. The number of rotatable bonds is 3. The average molecular weight is 282 g/mol. The van der Waals surface area contributed by atoms with Gasteiger partial charge in [0, 0.05) is 11.4 Å². The van der Waals surface area contributed by atoms with Crippen molar-refractivity contribution in [1.82, 2.24) is 9.97 Å². The zero-order valence-electron chi connectivity index (χ0n) is 10.6. The number of thiophene rings is 1. The van der Waals surface area contributed by atoms with Crippen molar-refractivity contribution < 1.29 is 0 Å². The molecule has 96 valence electrons. The highest BCUT2D eigenvalue weighted by Crippen LogP contribution is 2.39. The first-order valence-corrected chi connectivity index (χ1v) is 7.56. The summed E-state index contributed by atoms with van der Waals surface area (Å²) in [6.07, 6.45) is 3.58. The molecule has 2 aromatic heterocycles. The van der Waals surface area contributed by atoms with Gasteiger partial charge in [-0.1, -0.05) is 13.8 Å². The summed E-state index contributed by atoms with van der Waals surface area (Å²) >= 11 is 7.78. The third kappa shape index (κ3) is 2.08. The van der Waals surface area contributed by atoms with Gasteiger partial charge < -0.3 is 5.32 Å². The van der Waals surface area contributed by atoms with Crippen LogP contribution in [0.4, 0.5) is 5.82 Å². The maximum absolute atomic E-state index is 6.01. The fourth-order valence-electron chi connectivity index (χ4n) is 2.40. The lowest BCUT2D eigenvalue weighted by Gasteiger charge is -2.10. The third-order valence-electron chi connectivity index (χ3n) is 3.22. The summed E-state index contributed by atoms with van der Waals surface area (Å²) in [7, 11) is 0. The van der Waals surface area contributed by atoms with E-state index in [1.165, 1.54) is 28.7 Å². The van der Waals surface area contributed by atoms with Crippen molar-refractivity contribution in [2.75, 3.05) is 11.9 Å². The molecule has 0 spiro atoms. The topological polar surface area (TPSA) is 37.8 Å². The summed E-state index contributed by atoms with van der Waals surface area (Å²) in [5, 5.41) is 4.96. The SMILES string of the molecule is CC(C)CNc1nc(Cl)nc2sc3c(c12)CCC3. The summed E-state index contributed by atoms with van der Waals surface area (Å²) < 4.78 is 0. The number of aromatic nitrogens is 2. The Labute approximate surface area is 116 Å². The largest absolute Gasteiger partial charge is 0.369 e. The van der Waals surface area contributed by atoms with Crippen LogP contribution in [0.25, 0.3) is 10.2 Å². The minimum atomic E-state index is 0.341. The second-order valence-electron chi connectivity index (χ2n) is 5.15. The van der Waals surface area contributed by atoms with Gasteiger partial charge in [-0.2, -0.15) is 0 Å². The Morgan fingerprint density at radius 3 is 2.94 bits per heavy atom. The van der Waals surface area contributed by atoms with E-state index in [0.717, 1.165) is 23.6 Å². The highest BCUT2D eigenvalue weighted by atomic mass is 35.5. The number of aryl methyl sites for hydroxylation is 2. The van der Waals surface area contributed by atoms with E-state index in [-0.39, 0.29) is 0 Å². The number of anilines is 1. The number of fused-ring (bicyclic) bond motifs is 3. The molecular formula is C13H16ClN3S. The van der Waals surface area contributed by atoms with Gasteiger partial charge in [-0.05, 0) is 42.3 Å². The first-order chi connectivity index (χ1) is 8.65.